The summed E-state index contributed by atoms with van der Waals surface area (Å²) in [6.45, 7) is 6.34. The Morgan fingerprint density at radius 2 is 1.92 bits per heavy atom. The first-order chi connectivity index (χ1) is 11.2. The summed E-state index contributed by atoms with van der Waals surface area (Å²) in [4.78, 5) is 18.7. The number of guanidine groups is 1. The average Bonchev–Trinajstić information content (AvgIpc) is 3.39. The summed E-state index contributed by atoms with van der Waals surface area (Å²) in [6.07, 6.45) is 5.03. The van der Waals surface area contributed by atoms with E-state index in [4.69, 9.17) is 4.74 Å². The Kier molecular flexibility index (Phi) is 10.6. The van der Waals surface area contributed by atoms with E-state index in [1.165, 1.54) is 25.9 Å². The molecule has 24 heavy (non-hydrogen) atoms. The zero-order valence-corrected chi connectivity index (χ0v) is 17.2. The van der Waals surface area contributed by atoms with Crippen LogP contribution < -0.4 is 16.0 Å². The fraction of sp³-hybridized carbons (Fsp3) is 0.875. The number of likely N-dealkylation sites (tertiary alicyclic amines) is 1. The molecule has 8 heteroatoms. The summed E-state index contributed by atoms with van der Waals surface area (Å²) < 4.78 is 4.91. The first kappa shape index (κ1) is 21.4. The summed E-state index contributed by atoms with van der Waals surface area (Å²) in [5.74, 6) is 0.655. The largest absolute Gasteiger partial charge is 0.383 e. The van der Waals surface area contributed by atoms with Crippen LogP contribution in [0.3, 0.4) is 0 Å². The van der Waals surface area contributed by atoms with Crippen molar-refractivity contribution < 1.29 is 9.53 Å². The molecule has 0 spiro atoms. The molecular formula is C16H32IN5O2. The van der Waals surface area contributed by atoms with Gasteiger partial charge in [0, 0.05) is 45.4 Å². The molecule has 0 bridgehead atoms. The van der Waals surface area contributed by atoms with Gasteiger partial charge in [-0.3, -0.25) is 4.79 Å². The van der Waals surface area contributed by atoms with Crippen molar-refractivity contribution in [1.29, 1.82) is 0 Å². The second-order valence-corrected chi connectivity index (χ2v) is 6.22. The Balaban J connectivity index is 0.00000288. The molecule has 1 amide bonds. The lowest BCUT2D eigenvalue weighted by molar-refractivity contribution is -0.119. The van der Waals surface area contributed by atoms with Gasteiger partial charge in [0.1, 0.15) is 6.54 Å². The van der Waals surface area contributed by atoms with Gasteiger partial charge in [0.25, 0.3) is 0 Å². The van der Waals surface area contributed by atoms with Crippen LogP contribution in [0.25, 0.3) is 0 Å². The highest BCUT2D eigenvalue weighted by molar-refractivity contribution is 14.0. The molecule has 1 aliphatic carbocycles. The molecule has 0 atom stereocenters. The number of piperidine rings is 1. The van der Waals surface area contributed by atoms with Gasteiger partial charge in [-0.25, -0.2) is 4.99 Å². The summed E-state index contributed by atoms with van der Waals surface area (Å²) in [5.41, 5.74) is 0. The Labute approximate surface area is 162 Å². The van der Waals surface area contributed by atoms with Gasteiger partial charge in [-0.2, -0.15) is 0 Å². The highest BCUT2D eigenvalue weighted by Crippen LogP contribution is 2.29. The van der Waals surface area contributed by atoms with E-state index in [0.29, 0.717) is 19.2 Å². The van der Waals surface area contributed by atoms with Crippen LogP contribution in [0.2, 0.25) is 0 Å². The smallest absolute Gasteiger partial charge is 0.241 e. The van der Waals surface area contributed by atoms with Crippen molar-refractivity contribution in [3.8, 4) is 0 Å². The number of hydrogen-bond donors (Lipinski definition) is 3. The Morgan fingerprint density at radius 3 is 2.50 bits per heavy atom. The van der Waals surface area contributed by atoms with Gasteiger partial charge in [0.2, 0.25) is 5.91 Å². The van der Waals surface area contributed by atoms with Gasteiger partial charge in [-0.15, -0.1) is 24.0 Å². The number of carbonyl (C=O) groups excluding carboxylic acids is 1. The van der Waals surface area contributed by atoms with E-state index < -0.39 is 0 Å². The first-order valence-electron chi connectivity index (χ1n) is 8.77. The molecule has 2 fully saturated rings. The number of carbonyl (C=O) groups is 1. The van der Waals surface area contributed by atoms with Gasteiger partial charge >= 0.3 is 0 Å². The lowest BCUT2D eigenvalue weighted by Crippen LogP contribution is -2.49. The number of methoxy groups -OCH3 is 1. The summed E-state index contributed by atoms with van der Waals surface area (Å²) in [5, 5.41) is 9.46. The van der Waals surface area contributed by atoms with Crippen molar-refractivity contribution in [3.05, 3.63) is 0 Å². The molecule has 7 nitrogen and oxygen atoms in total. The van der Waals surface area contributed by atoms with Crippen LogP contribution in [0.5, 0.6) is 0 Å². The molecule has 1 saturated heterocycles. The van der Waals surface area contributed by atoms with Crippen LogP contribution in [-0.2, 0) is 9.53 Å². The van der Waals surface area contributed by atoms with Gasteiger partial charge in [-0.05, 0) is 32.6 Å². The summed E-state index contributed by atoms with van der Waals surface area (Å²) in [6, 6.07) is 1.30. The SMILES string of the molecule is CCNC(=NCC(=O)NCCOC)NC1CCN(C2CC2)CC1.I. The number of amides is 1. The lowest BCUT2D eigenvalue weighted by Gasteiger charge is -2.33. The number of nitrogens with zero attached hydrogens (tertiary/aromatic N) is 2. The van der Waals surface area contributed by atoms with Crippen LogP contribution in [-0.4, -0.2) is 75.3 Å². The molecule has 1 saturated carbocycles. The minimum absolute atomic E-state index is 0. The molecule has 1 aliphatic heterocycles. The van der Waals surface area contributed by atoms with E-state index in [0.717, 1.165) is 31.4 Å². The maximum absolute atomic E-state index is 11.7. The first-order valence-corrected chi connectivity index (χ1v) is 8.77. The van der Waals surface area contributed by atoms with E-state index in [1.54, 1.807) is 7.11 Å². The molecule has 0 aromatic carbocycles. The normalized spacial score (nSPS) is 19.5. The molecular weight excluding hydrogens is 421 g/mol. The summed E-state index contributed by atoms with van der Waals surface area (Å²) >= 11 is 0. The van der Waals surface area contributed by atoms with E-state index in [-0.39, 0.29) is 36.4 Å². The fourth-order valence-corrected chi connectivity index (χ4v) is 2.86. The van der Waals surface area contributed by atoms with Crippen LogP contribution in [0.15, 0.2) is 4.99 Å². The number of nitrogens with one attached hydrogen (secondary N) is 3. The molecule has 0 aromatic heterocycles. The number of aliphatic imine (C=N–C) groups is 1. The van der Waals surface area contributed by atoms with Crippen LogP contribution >= 0.6 is 24.0 Å². The highest BCUT2D eigenvalue weighted by atomic mass is 127. The van der Waals surface area contributed by atoms with Crippen molar-refractivity contribution >= 4 is 35.8 Å². The van der Waals surface area contributed by atoms with Crippen molar-refractivity contribution in [1.82, 2.24) is 20.9 Å². The van der Waals surface area contributed by atoms with Crippen LogP contribution in [0, 0.1) is 0 Å². The predicted molar refractivity (Wildman–Crippen MR) is 107 cm³/mol. The zero-order valence-electron chi connectivity index (χ0n) is 14.8. The molecule has 140 valence electrons. The molecule has 0 aromatic rings. The van der Waals surface area contributed by atoms with Crippen molar-refractivity contribution in [2.75, 3.05) is 46.4 Å². The number of hydrogen-bond acceptors (Lipinski definition) is 4. The fourth-order valence-electron chi connectivity index (χ4n) is 2.86. The summed E-state index contributed by atoms with van der Waals surface area (Å²) in [7, 11) is 1.62. The maximum Gasteiger partial charge on any atom is 0.241 e. The quantitative estimate of drug-likeness (QED) is 0.217. The van der Waals surface area contributed by atoms with E-state index in [2.05, 4.69) is 25.8 Å². The van der Waals surface area contributed by atoms with Gasteiger partial charge in [0.05, 0.1) is 6.61 Å². The third-order valence-corrected chi connectivity index (χ3v) is 4.29. The molecule has 3 N–H and O–H groups in total. The maximum atomic E-state index is 11.7. The second kappa shape index (κ2) is 11.9. The Morgan fingerprint density at radius 1 is 1.21 bits per heavy atom. The monoisotopic (exact) mass is 453 g/mol. The van der Waals surface area contributed by atoms with E-state index >= 15 is 0 Å². The van der Waals surface area contributed by atoms with Crippen molar-refractivity contribution in [2.24, 2.45) is 4.99 Å². The zero-order chi connectivity index (χ0) is 16.5. The van der Waals surface area contributed by atoms with Gasteiger partial charge in [-0.1, -0.05) is 0 Å². The number of ether oxygens (including phenoxy) is 1. The standard InChI is InChI=1S/C16H31N5O2.HI/c1-3-17-16(19-12-15(22)18-8-11-23-2)20-13-6-9-21(10-7-13)14-4-5-14;/h13-14H,3-12H2,1-2H3,(H,18,22)(H2,17,19,20);1H. The molecule has 1 heterocycles. The van der Waals surface area contributed by atoms with E-state index in [9.17, 15) is 4.79 Å². The van der Waals surface area contributed by atoms with Gasteiger partial charge < -0.3 is 25.6 Å². The molecule has 0 unspecified atom stereocenters. The predicted octanol–water partition coefficient (Wildman–Crippen LogP) is 0.549. The molecule has 0 radical (unpaired) electrons. The topological polar surface area (TPSA) is 78.0 Å². The molecule has 2 aliphatic rings. The third-order valence-electron chi connectivity index (χ3n) is 4.29. The van der Waals surface area contributed by atoms with E-state index in [1.807, 2.05) is 6.92 Å². The van der Waals surface area contributed by atoms with Crippen molar-refractivity contribution in [2.45, 2.75) is 44.7 Å². The second-order valence-electron chi connectivity index (χ2n) is 6.22. The van der Waals surface area contributed by atoms with Crippen molar-refractivity contribution in [3.63, 3.8) is 0 Å². The third kappa shape index (κ3) is 7.98. The number of halogens is 1. The van der Waals surface area contributed by atoms with Gasteiger partial charge in [0.15, 0.2) is 5.96 Å². The lowest BCUT2D eigenvalue weighted by atomic mass is 10.1. The van der Waals surface area contributed by atoms with Crippen LogP contribution in [0.1, 0.15) is 32.6 Å². The Bertz CT molecular complexity index is 396. The average molecular weight is 453 g/mol. The molecule has 2 rings (SSSR count). The minimum atomic E-state index is -0.0807. The minimum Gasteiger partial charge on any atom is -0.383 e. The highest BCUT2D eigenvalue weighted by Gasteiger charge is 2.31. The number of rotatable bonds is 8. The van der Waals surface area contributed by atoms with Crippen LogP contribution in [0.4, 0.5) is 0 Å². The Hall–Kier alpha value is -0.610.